The summed E-state index contributed by atoms with van der Waals surface area (Å²) in [5.74, 6) is -0.948. The van der Waals surface area contributed by atoms with Crippen LogP contribution in [0, 0.1) is 0 Å². The predicted octanol–water partition coefficient (Wildman–Crippen LogP) is 2.96. The van der Waals surface area contributed by atoms with Gasteiger partial charge in [-0.3, -0.25) is 4.79 Å². The van der Waals surface area contributed by atoms with E-state index in [2.05, 4.69) is 10.5 Å². The summed E-state index contributed by atoms with van der Waals surface area (Å²) in [7, 11) is 0. The van der Waals surface area contributed by atoms with Gasteiger partial charge < -0.3 is 9.84 Å². The molecule has 7 heteroatoms. The minimum Gasteiger partial charge on any atom is -0.479 e. The zero-order valence-electron chi connectivity index (χ0n) is 12.8. The highest BCUT2D eigenvalue weighted by molar-refractivity contribution is 6.30. The summed E-state index contributed by atoms with van der Waals surface area (Å²) in [6.07, 6.45) is 0.543. The molecule has 1 atom stereocenters. The van der Waals surface area contributed by atoms with Crippen LogP contribution in [-0.4, -0.2) is 29.3 Å². The van der Waals surface area contributed by atoms with Crippen LogP contribution in [0.5, 0.6) is 5.75 Å². The van der Waals surface area contributed by atoms with E-state index >= 15 is 0 Å². The lowest BCUT2D eigenvalue weighted by Crippen LogP contribution is -2.22. The third-order valence-electron chi connectivity index (χ3n) is 3.03. The second-order valence-corrected chi connectivity index (χ2v) is 5.31. The standard InChI is InChI=1S/C17H15ClN2O4/c1-11(17(22)23)24-15-8-2-12(3-9-15)10-19-20-16(21)13-4-6-14(18)7-5-13/h2-11H,1H3,(H,20,21)(H,22,23)/b19-10-/t11-/m1/s1. The van der Waals surface area contributed by atoms with E-state index < -0.39 is 12.1 Å². The van der Waals surface area contributed by atoms with Crippen LogP contribution >= 0.6 is 11.6 Å². The molecule has 24 heavy (non-hydrogen) atoms. The van der Waals surface area contributed by atoms with E-state index in [-0.39, 0.29) is 5.91 Å². The molecule has 0 spiro atoms. The molecule has 2 aromatic carbocycles. The van der Waals surface area contributed by atoms with Crippen molar-refractivity contribution in [2.24, 2.45) is 5.10 Å². The van der Waals surface area contributed by atoms with Crippen molar-refractivity contribution in [3.05, 3.63) is 64.7 Å². The summed E-state index contributed by atoms with van der Waals surface area (Å²) in [5.41, 5.74) is 3.58. The molecule has 6 nitrogen and oxygen atoms in total. The molecule has 0 aliphatic carbocycles. The van der Waals surface area contributed by atoms with E-state index in [4.69, 9.17) is 21.4 Å². The van der Waals surface area contributed by atoms with Gasteiger partial charge in [-0.15, -0.1) is 0 Å². The second kappa shape index (κ2) is 8.12. The first-order chi connectivity index (χ1) is 11.5. The molecule has 0 saturated carbocycles. The lowest BCUT2D eigenvalue weighted by atomic mass is 10.2. The van der Waals surface area contributed by atoms with Crippen LogP contribution in [0.25, 0.3) is 0 Å². The summed E-state index contributed by atoms with van der Waals surface area (Å²) < 4.78 is 5.22. The normalized spacial score (nSPS) is 11.9. The van der Waals surface area contributed by atoms with Gasteiger partial charge in [-0.1, -0.05) is 11.6 Å². The Balaban J connectivity index is 1.91. The van der Waals surface area contributed by atoms with Crippen LogP contribution in [-0.2, 0) is 4.79 Å². The molecule has 124 valence electrons. The number of benzene rings is 2. The number of rotatable bonds is 6. The molecule has 0 heterocycles. The second-order valence-electron chi connectivity index (χ2n) is 4.87. The van der Waals surface area contributed by atoms with Gasteiger partial charge in [-0.2, -0.15) is 5.10 Å². The Hall–Kier alpha value is -2.86. The van der Waals surface area contributed by atoms with Crippen molar-refractivity contribution in [2.45, 2.75) is 13.0 Å². The number of carbonyl (C=O) groups excluding carboxylic acids is 1. The monoisotopic (exact) mass is 346 g/mol. The number of hydrogen-bond donors (Lipinski definition) is 2. The minimum absolute atomic E-state index is 0.349. The number of aliphatic carboxylic acids is 1. The number of carboxylic acid groups (broad SMARTS) is 1. The van der Waals surface area contributed by atoms with Gasteiger partial charge >= 0.3 is 5.97 Å². The van der Waals surface area contributed by atoms with E-state index in [1.54, 1.807) is 48.5 Å². The Kier molecular flexibility index (Phi) is 5.92. The molecule has 0 aliphatic heterocycles. The van der Waals surface area contributed by atoms with Crippen molar-refractivity contribution < 1.29 is 19.4 Å². The summed E-state index contributed by atoms with van der Waals surface area (Å²) in [6, 6.07) is 13.1. The number of ether oxygens (including phenoxy) is 1. The average Bonchev–Trinajstić information content (AvgIpc) is 2.56. The van der Waals surface area contributed by atoms with Crippen LogP contribution in [0.3, 0.4) is 0 Å². The fourth-order valence-corrected chi connectivity index (χ4v) is 1.84. The predicted molar refractivity (Wildman–Crippen MR) is 90.7 cm³/mol. The van der Waals surface area contributed by atoms with Crippen molar-refractivity contribution in [3.8, 4) is 5.75 Å². The number of amides is 1. The largest absolute Gasteiger partial charge is 0.479 e. The van der Waals surface area contributed by atoms with E-state index in [0.717, 1.165) is 5.56 Å². The Morgan fingerprint density at radius 3 is 2.38 bits per heavy atom. The van der Waals surface area contributed by atoms with Gasteiger partial charge in [-0.25, -0.2) is 10.2 Å². The Labute approximate surface area is 143 Å². The number of carbonyl (C=O) groups is 2. The van der Waals surface area contributed by atoms with Gasteiger partial charge in [0.25, 0.3) is 5.91 Å². The maximum absolute atomic E-state index is 11.8. The maximum Gasteiger partial charge on any atom is 0.344 e. The average molecular weight is 347 g/mol. The highest BCUT2D eigenvalue weighted by Crippen LogP contribution is 2.13. The zero-order chi connectivity index (χ0) is 17.5. The lowest BCUT2D eigenvalue weighted by Gasteiger charge is -2.09. The number of nitrogens with zero attached hydrogens (tertiary/aromatic N) is 1. The fourth-order valence-electron chi connectivity index (χ4n) is 1.72. The molecule has 2 N–H and O–H groups in total. The fraction of sp³-hybridized carbons (Fsp3) is 0.118. The molecule has 0 aliphatic rings. The molecule has 0 radical (unpaired) electrons. The number of halogens is 1. The third-order valence-corrected chi connectivity index (χ3v) is 3.28. The Morgan fingerprint density at radius 2 is 1.79 bits per heavy atom. The molecule has 0 saturated heterocycles. The van der Waals surface area contributed by atoms with E-state index in [1.807, 2.05) is 0 Å². The third kappa shape index (κ3) is 5.10. The first-order valence-electron chi connectivity index (χ1n) is 7.04. The lowest BCUT2D eigenvalue weighted by molar-refractivity contribution is -0.144. The van der Waals surface area contributed by atoms with Crippen LogP contribution in [0.4, 0.5) is 0 Å². The molecule has 0 bridgehead atoms. The van der Waals surface area contributed by atoms with Crippen molar-refractivity contribution >= 4 is 29.7 Å². The Bertz CT molecular complexity index is 742. The van der Waals surface area contributed by atoms with Crippen molar-refractivity contribution in [3.63, 3.8) is 0 Å². The molecule has 2 aromatic rings. The summed E-state index contributed by atoms with van der Waals surface area (Å²) >= 11 is 5.76. The van der Waals surface area contributed by atoms with Crippen LogP contribution in [0.15, 0.2) is 53.6 Å². The van der Waals surface area contributed by atoms with Gasteiger partial charge in [0.2, 0.25) is 0 Å². The minimum atomic E-state index is -1.04. The van der Waals surface area contributed by atoms with Crippen molar-refractivity contribution in [2.75, 3.05) is 0 Å². The van der Waals surface area contributed by atoms with E-state index in [1.165, 1.54) is 13.1 Å². The first kappa shape index (κ1) is 17.5. The molecule has 0 unspecified atom stereocenters. The Morgan fingerprint density at radius 1 is 1.17 bits per heavy atom. The van der Waals surface area contributed by atoms with Crippen LogP contribution < -0.4 is 10.2 Å². The summed E-state index contributed by atoms with van der Waals surface area (Å²) in [4.78, 5) is 22.6. The first-order valence-corrected chi connectivity index (χ1v) is 7.42. The van der Waals surface area contributed by atoms with Gasteiger partial charge in [0.1, 0.15) is 5.75 Å². The van der Waals surface area contributed by atoms with Gasteiger partial charge in [0, 0.05) is 10.6 Å². The molecule has 2 rings (SSSR count). The summed E-state index contributed by atoms with van der Waals surface area (Å²) in [5, 5.41) is 13.2. The van der Waals surface area contributed by atoms with Crippen molar-refractivity contribution in [1.82, 2.24) is 5.43 Å². The zero-order valence-corrected chi connectivity index (χ0v) is 13.5. The van der Waals surface area contributed by atoms with Crippen LogP contribution in [0.1, 0.15) is 22.8 Å². The topological polar surface area (TPSA) is 88.0 Å². The number of hydrogen-bond acceptors (Lipinski definition) is 4. The molecule has 0 aromatic heterocycles. The van der Waals surface area contributed by atoms with Gasteiger partial charge in [-0.05, 0) is 61.0 Å². The van der Waals surface area contributed by atoms with Crippen LogP contribution in [0.2, 0.25) is 5.02 Å². The molecule has 0 fully saturated rings. The number of hydrazone groups is 1. The quantitative estimate of drug-likeness (QED) is 0.621. The van der Waals surface area contributed by atoms with Crippen molar-refractivity contribution in [1.29, 1.82) is 0 Å². The summed E-state index contributed by atoms with van der Waals surface area (Å²) in [6.45, 7) is 1.45. The number of nitrogens with one attached hydrogen (secondary N) is 1. The number of carboxylic acids is 1. The van der Waals surface area contributed by atoms with E-state index in [9.17, 15) is 9.59 Å². The molecule has 1 amide bonds. The SMILES string of the molecule is C[C@@H](Oc1ccc(/C=N\NC(=O)c2ccc(Cl)cc2)cc1)C(=O)O. The highest BCUT2D eigenvalue weighted by Gasteiger charge is 2.11. The smallest absolute Gasteiger partial charge is 0.344 e. The van der Waals surface area contributed by atoms with Gasteiger partial charge in [0.15, 0.2) is 6.10 Å². The molecular formula is C17H15ClN2O4. The highest BCUT2D eigenvalue weighted by atomic mass is 35.5. The van der Waals surface area contributed by atoms with E-state index in [0.29, 0.717) is 16.3 Å². The van der Waals surface area contributed by atoms with Gasteiger partial charge in [0.05, 0.1) is 6.21 Å². The maximum atomic E-state index is 11.8. The molecular weight excluding hydrogens is 332 g/mol.